The molecule has 1 aromatic carbocycles. The second-order valence-electron chi connectivity index (χ2n) is 6.35. The van der Waals surface area contributed by atoms with Crippen molar-refractivity contribution < 1.29 is 9.90 Å². The van der Waals surface area contributed by atoms with E-state index in [1.54, 1.807) is 9.13 Å². The maximum absolute atomic E-state index is 12.8. The van der Waals surface area contributed by atoms with E-state index < -0.39 is 0 Å². The summed E-state index contributed by atoms with van der Waals surface area (Å²) >= 11 is 0. The number of aliphatic hydroxyl groups is 1. The predicted molar refractivity (Wildman–Crippen MR) is 92.9 cm³/mol. The highest BCUT2D eigenvalue weighted by Gasteiger charge is 2.27. The fraction of sp³-hybridized carbons (Fsp3) is 0.556. The van der Waals surface area contributed by atoms with Crippen molar-refractivity contribution in [3.8, 4) is 0 Å². The van der Waals surface area contributed by atoms with Crippen LogP contribution in [0, 0.1) is 0 Å². The van der Waals surface area contributed by atoms with E-state index in [1.807, 2.05) is 36.1 Å². The first-order valence-corrected chi connectivity index (χ1v) is 8.75. The topological polar surface area (TPSA) is 67.5 Å². The van der Waals surface area contributed by atoms with E-state index >= 15 is 0 Å². The third kappa shape index (κ3) is 2.98. The van der Waals surface area contributed by atoms with Crippen molar-refractivity contribution >= 4 is 16.9 Å². The lowest BCUT2D eigenvalue weighted by molar-refractivity contribution is -0.135. The number of carbonyl (C=O) groups is 1. The second kappa shape index (κ2) is 7.21. The molecular formula is C18H25N3O3. The van der Waals surface area contributed by atoms with Crippen molar-refractivity contribution in [3.05, 3.63) is 34.7 Å². The molecule has 2 aromatic rings. The molecule has 1 aliphatic rings. The van der Waals surface area contributed by atoms with Crippen LogP contribution in [-0.2, 0) is 17.9 Å². The molecular weight excluding hydrogens is 306 g/mol. The van der Waals surface area contributed by atoms with Gasteiger partial charge in [-0.25, -0.2) is 4.79 Å². The van der Waals surface area contributed by atoms with Crippen LogP contribution in [0.5, 0.6) is 0 Å². The van der Waals surface area contributed by atoms with Gasteiger partial charge in [0.15, 0.2) is 0 Å². The number of benzene rings is 1. The Morgan fingerprint density at radius 3 is 2.58 bits per heavy atom. The van der Waals surface area contributed by atoms with Gasteiger partial charge in [-0.1, -0.05) is 12.1 Å². The molecule has 6 nitrogen and oxygen atoms in total. The molecule has 1 saturated heterocycles. The summed E-state index contributed by atoms with van der Waals surface area (Å²) in [7, 11) is 0. The van der Waals surface area contributed by atoms with Crippen LogP contribution in [0.25, 0.3) is 11.0 Å². The number of aryl methyl sites for hydroxylation is 1. The molecule has 0 saturated carbocycles. The molecule has 6 heteroatoms. The van der Waals surface area contributed by atoms with E-state index in [4.69, 9.17) is 0 Å². The minimum absolute atomic E-state index is 0.0331. The van der Waals surface area contributed by atoms with Crippen molar-refractivity contribution in [1.29, 1.82) is 0 Å². The van der Waals surface area contributed by atoms with Crippen molar-refractivity contribution in [2.45, 2.75) is 51.7 Å². The Bertz CT molecular complexity index is 775. The number of fused-ring (bicyclic) bond motifs is 1. The molecule has 1 fully saturated rings. The number of piperidine rings is 1. The van der Waals surface area contributed by atoms with Gasteiger partial charge in [-0.2, -0.15) is 0 Å². The first-order valence-electron chi connectivity index (χ1n) is 8.75. The largest absolute Gasteiger partial charge is 0.396 e. The van der Waals surface area contributed by atoms with Gasteiger partial charge in [-0.3, -0.25) is 13.9 Å². The third-order valence-corrected chi connectivity index (χ3v) is 4.94. The second-order valence-corrected chi connectivity index (χ2v) is 6.35. The summed E-state index contributed by atoms with van der Waals surface area (Å²) < 4.78 is 3.27. The van der Waals surface area contributed by atoms with Gasteiger partial charge in [0.05, 0.1) is 11.0 Å². The smallest absolute Gasteiger partial charge is 0.329 e. The molecule has 1 N–H and O–H groups in total. The summed E-state index contributed by atoms with van der Waals surface area (Å²) in [6.45, 7) is 3.38. The fourth-order valence-electron chi connectivity index (χ4n) is 3.73. The van der Waals surface area contributed by atoms with Crippen molar-refractivity contribution in [2.24, 2.45) is 0 Å². The van der Waals surface area contributed by atoms with Crippen LogP contribution in [-0.4, -0.2) is 44.2 Å². The Hall–Kier alpha value is -2.08. The van der Waals surface area contributed by atoms with Crippen molar-refractivity contribution in [1.82, 2.24) is 14.0 Å². The molecule has 130 valence electrons. The van der Waals surface area contributed by atoms with E-state index in [2.05, 4.69) is 0 Å². The highest BCUT2D eigenvalue weighted by atomic mass is 16.3. The first kappa shape index (κ1) is 16.8. The number of carbonyl (C=O) groups excluding carboxylic acids is 1. The number of aromatic nitrogens is 2. The minimum atomic E-state index is -0.136. The van der Waals surface area contributed by atoms with E-state index in [0.29, 0.717) is 19.5 Å². The summed E-state index contributed by atoms with van der Waals surface area (Å²) in [6.07, 6.45) is 3.61. The summed E-state index contributed by atoms with van der Waals surface area (Å²) in [5.41, 5.74) is 1.53. The van der Waals surface area contributed by atoms with Gasteiger partial charge in [0.2, 0.25) is 5.91 Å². The highest BCUT2D eigenvalue weighted by Crippen LogP contribution is 2.20. The highest BCUT2D eigenvalue weighted by molar-refractivity contribution is 5.81. The summed E-state index contributed by atoms with van der Waals surface area (Å²) in [5.74, 6) is -0.0331. The SMILES string of the molecule is CCn1c(=O)n(CC(=O)N2CCCCC2CCO)c2ccccc21. The number of rotatable bonds is 5. The number of hydrogen-bond donors (Lipinski definition) is 1. The van der Waals surface area contributed by atoms with Crippen molar-refractivity contribution in [3.63, 3.8) is 0 Å². The standard InChI is InChI=1S/C18H25N3O3/c1-2-19-15-8-3-4-9-16(15)21(18(19)24)13-17(23)20-11-6-5-7-14(20)10-12-22/h3-4,8-9,14,22H,2,5-7,10-13H2,1H3. The minimum Gasteiger partial charge on any atom is -0.396 e. The number of nitrogens with zero attached hydrogens (tertiary/aromatic N) is 3. The molecule has 0 aliphatic carbocycles. The van der Waals surface area contributed by atoms with Gasteiger partial charge in [-0.05, 0) is 44.7 Å². The Morgan fingerprint density at radius 1 is 1.21 bits per heavy atom. The van der Waals surface area contributed by atoms with Crippen LogP contribution in [0.15, 0.2) is 29.1 Å². The lowest BCUT2D eigenvalue weighted by Crippen LogP contribution is -2.46. The molecule has 1 amide bonds. The normalized spacial score (nSPS) is 18.2. The van der Waals surface area contributed by atoms with E-state index in [9.17, 15) is 14.7 Å². The van der Waals surface area contributed by atoms with Gasteiger partial charge >= 0.3 is 5.69 Å². The molecule has 24 heavy (non-hydrogen) atoms. The first-order chi connectivity index (χ1) is 11.7. The van der Waals surface area contributed by atoms with E-state index in [0.717, 1.165) is 30.3 Å². The molecule has 0 bridgehead atoms. The van der Waals surface area contributed by atoms with Gasteiger partial charge in [0.1, 0.15) is 6.54 Å². The number of hydrogen-bond acceptors (Lipinski definition) is 3. The molecule has 1 aromatic heterocycles. The molecule has 1 unspecified atom stereocenters. The Morgan fingerprint density at radius 2 is 1.92 bits per heavy atom. The maximum Gasteiger partial charge on any atom is 0.329 e. The molecule has 2 heterocycles. The number of aliphatic hydroxyl groups excluding tert-OH is 1. The molecule has 1 atom stereocenters. The van der Waals surface area contributed by atoms with Gasteiger partial charge in [-0.15, -0.1) is 0 Å². The van der Waals surface area contributed by atoms with Crippen LogP contribution in [0.1, 0.15) is 32.6 Å². The lowest BCUT2D eigenvalue weighted by atomic mass is 9.99. The quantitative estimate of drug-likeness (QED) is 0.905. The molecule has 3 rings (SSSR count). The van der Waals surface area contributed by atoms with Crippen LogP contribution in [0.4, 0.5) is 0 Å². The Labute approximate surface area is 141 Å². The van der Waals surface area contributed by atoms with Crippen LogP contribution in [0.2, 0.25) is 0 Å². The predicted octanol–water partition coefficient (Wildman–Crippen LogP) is 1.59. The monoisotopic (exact) mass is 331 g/mol. The Balaban J connectivity index is 1.90. The molecule has 1 aliphatic heterocycles. The number of imidazole rings is 1. The summed E-state index contributed by atoms with van der Waals surface area (Å²) in [4.78, 5) is 27.3. The lowest BCUT2D eigenvalue weighted by Gasteiger charge is -2.35. The van der Waals surface area contributed by atoms with Gasteiger partial charge in [0, 0.05) is 25.7 Å². The zero-order valence-electron chi connectivity index (χ0n) is 14.1. The van der Waals surface area contributed by atoms with Crippen molar-refractivity contribution in [2.75, 3.05) is 13.2 Å². The van der Waals surface area contributed by atoms with Gasteiger partial charge in [0.25, 0.3) is 0 Å². The number of amides is 1. The molecule has 0 radical (unpaired) electrons. The zero-order chi connectivity index (χ0) is 17.1. The summed E-state index contributed by atoms with van der Waals surface area (Å²) in [5, 5.41) is 9.23. The van der Waals surface area contributed by atoms with Crippen LogP contribution < -0.4 is 5.69 Å². The summed E-state index contributed by atoms with van der Waals surface area (Å²) in [6, 6.07) is 7.68. The third-order valence-electron chi connectivity index (χ3n) is 4.94. The zero-order valence-corrected chi connectivity index (χ0v) is 14.1. The van der Waals surface area contributed by atoms with Gasteiger partial charge < -0.3 is 10.0 Å². The average Bonchev–Trinajstić information content (AvgIpc) is 2.87. The fourth-order valence-corrected chi connectivity index (χ4v) is 3.73. The Kier molecular flexibility index (Phi) is 5.04. The van der Waals surface area contributed by atoms with E-state index in [1.165, 1.54) is 0 Å². The number of likely N-dealkylation sites (tertiary alicyclic amines) is 1. The van der Waals surface area contributed by atoms with Crippen LogP contribution in [0.3, 0.4) is 0 Å². The van der Waals surface area contributed by atoms with E-state index in [-0.39, 0.29) is 30.8 Å². The molecule has 0 spiro atoms. The average molecular weight is 331 g/mol. The number of para-hydroxylation sites is 2. The maximum atomic E-state index is 12.8. The van der Waals surface area contributed by atoms with Crippen LogP contribution >= 0.6 is 0 Å².